The third-order valence-corrected chi connectivity index (χ3v) is 24.4. The number of hydrogen-bond acceptors (Lipinski definition) is 20. The predicted octanol–water partition coefficient (Wildman–Crippen LogP) is 18.5. The van der Waals surface area contributed by atoms with Crippen LogP contribution in [-0.4, -0.2) is 163 Å². The number of aromatic amines is 5. The average Bonchev–Trinajstić information content (AvgIpc) is 1.67. The number of H-pyrrole nitrogens is 5. The number of carbonyl (C=O) groups excluding carboxylic acids is 5. The maximum atomic E-state index is 12.6. The fourth-order valence-electron chi connectivity index (χ4n) is 14.1. The third kappa shape index (κ3) is 20.2. The monoisotopic (exact) mass is 1810 g/mol. The number of aliphatic hydroxyl groups excluding tert-OH is 1. The second-order valence-corrected chi connectivity index (χ2v) is 33.8. The highest BCUT2D eigenvalue weighted by molar-refractivity contribution is 7.13. The summed E-state index contributed by atoms with van der Waals surface area (Å²) in [7, 11) is 0. The summed E-state index contributed by atoms with van der Waals surface area (Å²) in [5.74, 6) is 0. The first-order valence-corrected chi connectivity index (χ1v) is 43.6. The minimum Gasteiger partial charge on any atom is -0.451 e. The maximum Gasteiger partial charge on any atom is 0.322 e. The topological polar surface area (TPSA) is 390 Å². The highest BCUT2D eigenvalue weighted by Crippen LogP contribution is 2.37. The Morgan fingerprint density at radius 2 is 0.762 bits per heavy atom. The average molecular weight is 1810 g/mol. The number of halogens is 5. The number of urea groups is 5. The number of aromatic nitrogens is 14. The number of nitrogens with zero attached hydrogens (tertiary/aromatic N) is 14. The molecule has 5 aliphatic heterocycles. The minimum absolute atomic E-state index is 0.0918. The van der Waals surface area contributed by atoms with Gasteiger partial charge in [0.25, 0.3) is 0 Å². The molecule has 15 aromatic rings. The Balaban J connectivity index is 0.000000113. The van der Waals surface area contributed by atoms with Gasteiger partial charge in [-0.15, -0.1) is 45.3 Å². The van der Waals surface area contributed by atoms with Crippen LogP contribution in [-0.2, 0) is 71.4 Å². The zero-order valence-electron chi connectivity index (χ0n) is 64.3. The molecule has 0 unspecified atom stereocenters. The summed E-state index contributed by atoms with van der Waals surface area (Å²) in [4.78, 5) is 90.6. The van der Waals surface area contributed by atoms with E-state index in [1.54, 1.807) is 144 Å². The van der Waals surface area contributed by atoms with E-state index in [9.17, 15) is 29.1 Å². The van der Waals surface area contributed by atoms with Crippen LogP contribution in [0.3, 0.4) is 0 Å². The lowest BCUT2D eigenvalue weighted by Gasteiger charge is -2.27. The van der Waals surface area contributed by atoms with Gasteiger partial charge in [0.2, 0.25) is 0 Å². The van der Waals surface area contributed by atoms with Crippen LogP contribution >= 0.6 is 103 Å². The molecule has 15 heterocycles. The molecule has 0 atom stereocenters. The lowest BCUT2D eigenvalue weighted by molar-refractivity contribution is 0.205. The van der Waals surface area contributed by atoms with E-state index >= 15 is 0 Å². The number of carbonyl (C=O) groups is 5. The molecule has 10 amide bonds. The molecule has 31 nitrogen and oxygen atoms in total. The van der Waals surface area contributed by atoms with Gasteiger partial charge in [0.05, 0.1) is 60.1 Å². The van der Waals surface area contributed by atoms with Crippen LogP contribution in [0.15, 0.2) is 184 Å². The number of thiophene rings is 1. The lowest BCUT2D eigenvalue weighted by Crippen LogP contribution is -2.38. The molecule has 20 rings (SSSR count). The van der Waals surface area contributed by atoms with Crippen LogP contribution in [0.4, 0.5) is 52.4 Å². The van der Waals surface area contributed by atoms with E-state index in [1.165, 1.54) is 40.4 Å². The third-order valence-electron chi connectivity index (χ3n) is 20.2. The van der Waals surface area contributed by atoms with Gasteiger partial charge < -0.3 is 60.6 Å². The van der Waals surface area contributed by atoms with Gasteiger partial charge in [0.15, 0.2) is 6.39 Å². The van der Waals surface area contributed by atoms with Crippen molar-refractivity contribution in [1.82, 2.24) is 95.4 Å². The number of anilines is 5. The number of amides is 10. The van der Waals surface area contributed by atoms with Gasteiger partial charge in [-0.3, -0.25) is 30.5 Å². The Bertz CT molecular complexity index is 5590. The summed E-state index contributed by atoms with van der Waals surface area (Å²) in [5.41, 5.74) is 23.7. The van der Waals surface area contributed by atoms with Crippen LogP contribution in [0.5, 0.6) is 0 Å². The summed E-state index contributed by atoms with van der Waals surface area (Å²) in [6.45, 7) is 5.53. The lowest BCUT2D eigenvalue weighted by atomic mass is 10.0. The second-order valence-electron chi connectivity index (χ2n) is 28.1. The van der Waals surface area contributed by atoms with E-state index < -0.39 is 0 Å². The Hall–Kier alpha value is -12.3. The number of thiazole rings is 3. The van der Waals surface area contributed by atoms with Crippen LogP contribution < -0.4 is 26.6 Å². The van der Waals surface area contributed by atoms with Crippen molar-refractivity contribution >= 4 is 162 Å². The van der Waals surface area contributed by atoms with Crippen LogP contribution in [0.1, 0.15) is 61.3 Å². The first kappa shape index (κ1) is 83.4. The summed E-state index contributed by atoms with van der Waals surface area (Å²) in [5, 5.41) is 70.3. The fourth-order valence-corrected chi connectivity index (χ4v) is 17.6. The second kappa shape index (κ2) is 38.6. The van der Waals surface area contributed by atoms with Gasteiger partial charge in [-0.1, -0.05) is 94.4 Å². The van der Waals surface area contributed by atoms with Crippen molar-refractivity contribution in [3.8, 4) is 55.3 Å². The maximum absolute atomic E-state index is 12.6. The van der Waals surface area contributed by atoms with Gasteiger partial charge >= 0.3 is 30.2 Å². The first-order valence-electron chi connectivity index (χ1n) is 38.1. The molecule has 0 bridgehead atoms. The molecule has 122 heavy (non-hydrogen) atoms. The van der Waals surface area contributed by atoms with Gasteiger partial charge in [-0.2, -0.15) is 25.5 Å². The number of rotatable bonds is 11. The van der Waals surface area contributed by atoms with Gasteiger partial charge in [0.1, 0.15) is 56.8 Å². The molecular formula is C82H73Cl5N24O7S4. The largest absolute Gasteiger partial charge is 0.451 e. The van der Waals surface area contributed by atoms with Crippen LogP contribution in [0.2, 0.25) is 25.1 Å². The number of oxazole rings is 1. The molecule has 0 saturated heterocycles. The Labute approximate surface area is 737 Å². The van der Waals surface area contributed by atoms with Crippen molar-refractivity contribution in [3.63, 3.8) is 0 Å². The van der Waals surface area contributed by atoms with E-state index in [4.69, 9.17) is 62.4 Å². The zero-order chi connectivity index (χ0) is 84.2. The van der Waals surface area contributed by atoms with Crippen molar-refractivity contribution in [2.24, 2.45) is 0 Å². The van der Waals surface area contributed by atoms with E-state index in [1.807, 2.05) is 64.7 Å². The van der Waals surface area contributed by atoms with Crippen molar-refractivity contribution < 1.29 is 33.5 Å². The Morgan fingerprint density at radius 1 is 0.402 bits per heavy atom. The number of fused-ring (bicyclic) bond motifs is 5. The highest BCUT2D eigenvalue weighted by Gasteiger charge is 2.33. The molecule has 40 heteroatoms. The Morgan fingerprint density at radius 3 is 1.07 bits per heavy atom. The molecule has 0 spiro atoms. The summed E-state index contributed by atoms with van der Waals surface area (Å²) in [6, 6.07) is 38.9. The quantitative estimate of drug-likeness (QED) is 0.0573. The van der Waals surface area contributed by atoms with Crippen LogP contribution in [0, 0.1) is 0 Å². The first-order chi connectivity index (χ1) is 59.4. The minimum atomic E-state index is -0.181. The van der Waals surface area contributed by atoms with E-state index in [0.717, 1.165) is 119 Å². The van der Waals surface area contributed by atoms with E-state index in [2.05, 4.69) is 97.5 Å². The summed E-state index contributed by atoms with van der Waals surface area (Å²) < 4.78 is 5.02. The zero-order valence-corrected chi connectivity index (χ0v) is 71.4. The van der Waals surface area contributed by atoms with Gasteiger partial charge in [0, 0.05) is 192 Å². The smallest absolute Gasteiger partial charge is 0.322 e. The Kier molecular flexibility index (Phi) is 26.4. The molecule has 622 valence electrons. The summed E-state index contributed by atoms with van der Waals surface area (Å²) in [6.07, 6.45) is 8.39. The molecule has 0 fully saturated rings. The molecule has 5 aromatic carbocycles. The van der Waals surface area contributed by atoms with E-state index in [-0.39, 0.29) is 36.8 Å². The highest BCUT2D eigenvalue weighted by atomic mass is 35.5. The fraction of sp³-hybridized carbons (Fsp3) is 0.195. The summed E-state index contributed by atoms with van der Waals surface area (Å²) >= 11 is 35.9. The van der Waals surface area contributed by atoms with Crippen molar-refractivity contribution in [2.45, 2.75) is 71.4 Å². The van der Waals surface area contributed by atoms with Crippen molar-refractivity contribution in [2.75, 3.05) is 59.3 Å². The van der Waals surface area contributed by atoms with Crippen molar-refractivity contribution in [1.29, 1.82) is 0 Å². The molecule has 10 aromatic heterocycles. The normalized spacial score (nSPS) is 13.6. The molecule has 0 saturated carbocycles. The molecule has 5 aliphatic rings. The van der Waals surface area contributed by atoms with Gasteiger partial charge in [-0.25, -0.2) is 38.9 Å². The van der Waals surface area contributed by atoms with E-state index in [0.29, 0.717) is 148 Å². The standard InChI is InChI=1S/C17H16ClN5O2S.C17H15ClN4OS.C16H14ClN5O2.2C16H14ClN5OS/c18-10-2-1-3-11(6-10)19-17(25)23-5-4-13-12(7-23)16(22-21-13)14-9-26-15(8-24)20-14;18-11-3-1-4-12(9-11)19-17(23)22-7-6-14-13(10-22)16(21-20-14)15-5-2-8-24-15;17-10-2-1-3-11(6-10)19-16(23)22-5-4-13-12(7-22)15(21-20-13)14-8-24-9-18-14;17-10-2-1-3-11(6-10)19-16(23)22-5-4-13-12(8-22)15(21-20-13)14-7-18-9-24-14;17-10-2-1-3-11(6-10)19-16(23)22-5-4-13-12(7-22)15(21-20-13)14-8-24-9-18-14/h1-3,6,9,24H,4-5,7-8H2,(H,19,25)(H,21,22);1-5,8-9H,6-7,10H2,(H,19,23)(H,20,21);1-3,6,8-9H,4-5,7H2,(H,19,23)(H,20,21);1-3,6-7,9H,4-5,8H2,(H,19,23)(H,20,21);1-3,6,8-9H,4-5,7H2,(H,19,23)(H,20,21). The number of benzene rings is 5. The number of nitrogens with one attached hydrogen (secondary N) is 10. The molecule has 0 aliphatic carbocycles. The number of aliphatic hydroxyl groups is 1. The predicted molar refractivity (Wildman–Crippen MR) is 474 cm³/mol. The van der Waals surface area contributed by atoms with Crippen LogP contribution in [0.25, 0.3) is 55.3 Å². The molecule has 0 radical (unpaired) electrons. The molecular weight excluding hydrogens is 1740 g/mol. The SMILES string of the molecule is O=C(Nc1cccc(Cl)c1)N1CCc2[nH]nc(-c3cccs3)c2C1.O=C(Nc1cccc(Cl)c1)N1CCc2[nH]nc(-c3cncs3)c2C1.O=C(Nc1cccc(Cl)c1)N1CCc2[nH]nc(-c3cocn3)c2C1.O=C(Nc1cccc(Cl)c1)N1CCc2[nH]nc(-c3csc(CO)n3)c2C1.O=C(Nc1cccc(Cl)c1)N1CCc2[nH]nc(-c3cscn3)c2C1. The number of hydrogen-bond donors (Lipinski definition) is 11. The van der Waals surface area contributed by atoms with Gasteiger partial charge in [-0.05, 0) is 102 Å². The molecule has 11 N–H and O–H groups in total. The van der Waals surface area contributed by atoms with Crippen molar-refractivity contribution in [3.05, 3.63) is 266 Å².